The zero-order chi connectivity index (χ0) is 14.1. The molecule has 0 saturated carbocycles. The molecule has 2 aromatic carbocycles. The van der Waals surface area contributed by atoms with E-state index in [0.717, 1.165) is 28.1 Å². The molecule has 1 aliphatic heterocycles. The third-order valence-electron chi connectivity index (χ3n) is 3.67. The maximum absolute atomic E-state index is 12.4. The molecule has 2 aromatic rings. The van der Waals surface area contributed by atoms with Gasteiger partial charge in [0.2, 0.25) is 0 Å². The maximum Gasteiger partial charge on any atom is 0.265 e. The minimum atomic E-state index is -0.439. The van der Waals surface area contributed by atoms with Crippen molar-refractivity contribution in [2.45, 2.75) is 26.4 Å². The molecule has 1 amide bonds. The van der Waals surface area contributed by atoms with Crippen LogP contribution >= 0.6 is 0 Å². The molecule has 102 valence electrons. The Morgan fingerprint density at radius 3 is 2.50 bits per heavy atom. The van der Waals surface area contributed by atoms with Crippen LogP contribution in [0.2, 0.25) is 0 Å². The number of nitrogens with one attached hydrogen (secondary N) is 1. The Hall–Kier alpha value is -2.29. The average molecular weight is 267 g/mol. The predicted molar refractivity (Wildman–Crippen MR) is 79.1 cm³/mol. The van der Waals surface area contributed by atoms with Crippen molar-refractivity contribution in [3.63, 3.8) is 0 Å². The summed E-state index contributed by atoms with van der Waals surface area (Å²) in [5.41, 5.74) is 4.11. The van der Waals surface area contributed by atoms with Crippen molar-refractivity contribution in [1.82, 2.24) is 0 Å². The van der Waals surface area contributed by atoms with E-state index in [-0.39, 0.29) is 5.91 Å². The minimum Gasteiger partial charge on any atom is -0.480 e. The van der Waals surface area contributed by atoms with Gasteiger partial charge in [-0.1, -0.05) is 36.4 Å². The van der Waals surface area contributed by atoms with Crippen molar-refractivity contribution in [2.75, 3.05) is 5.32 Å². The van der Waals surface area contributed by atoms with Crippen molar-refractivity contribution in [1.29, 1.82) is 0 Å². The van der Waals surface area contributed by atoms with Crippen molar-refractivity contribution in [2.24, 2.45) is 0 Å². The molecule has 0 aromatic heterocycles. The first kappa shape index (κ1) is 12.7. The van der Waals surface area contributed by atoms with E-state index in [1.165, 1.54) is 0 Å². The molecule has 3 heteroatoms. The molecule has 1 aliphatic rings. The Bertz CT molecular complexity index is 619. The fourth-order valence-electron chi connectivity index (χ4n) is 2.54. The zero-order valence-corrected chi connectivity index (χ0v) is 11.6. The lowest BCUT2D eigenvalue weighted by atomic mass is 10.1. The quantitative estimate of drug-likeness (QED) is 0.907. The van der Waals surface area contributed by atoms with E-state index >= 15 is 0 Å². The number of rotatable bonds is 2. The van der Waals surface area contributed by atoms with E-state index in [1.54, 1.807) is 0 Å². The van der Waals surface area contributed by atoms with Crippen molar-refractivity contribution in [3.8, 4) is 5.75 Å². The van der Waals surface area contributed by atoms with Crippen LogP contribution in [0.1, 0.15) is 16.7 Å². The number of benzene rings is 2. The van der Waals surface area contributed by atoms with Crippen LogP contribution in [-0.4, -0.2) is 12.0 Å². The maximum atomic E-state index is 12.4. The van der Waals surface area contributed by atoms with E-state index < -0.39 is 6.10 Å². The standard InChI is InChI=1S/C17H17NO2/c1-11-6-5-7-12(2)16(11)18-17(19)15-10-13-8-3-4-9-14(13)20-15/h3-9,15H,10H2,1-2H3,(H,18,19). The molecule has 1 heterocycles. The number of fused-ring (bicyclic) bond motifs is 1. The number of para-hydroxylation sites is 2. The van der Waals surface area contributed by atoms with Crippen molar-refractivity contribution < 1.29 is 9.53 Å². The Labute approximate surface area is 118 Å². The number of anilines is 1. The van der Waals surface area contributed by atoms with E-state index in [9.17, 15) is 4.79 Å². The first-order valence-electron chi connectivity index (χ1n) is 6.77. The van der Waals surface area contributed by atoms with Gasteiger partial charge in [0, 0.05) is 12.1 Å². The Morgan fingerprint density at radius 1 is 1.10 bits per heavy atom. The molecular weight excluding hydrogens is 250 g/mol. The van der Waals surface area contributed by atoms with Gasteiger partial charge in [-0.2, -0.15) is 0 Å². The van der Waals surface area contributed by atoms with Crippen LogP contribution in [0.15, 0.2) is 42.5 Å². The molecule has 0 fully saturated rings. The summed E-state index contributed by atoms with van der Waals surface area (Å²) >= 11 is 0. The van der Waals surface area contributed by atoms with Gasteiger partial charge in [0.15, 0.2) is 6.10 Å². The van der Waals surface area contributed by atoms with E-state index in [0.29, 0.717) is 6.42 Å². The number of hydrogen-bond donors (Lipinski definition) is 1. The second-order valence-corrected chi connectivity index (χ2v) is 5.17. The highest BCUT2D eigenvalue weighted by atomic mass is 16.5. The SMILES string of the molecule is Cc1cccc(C)c1NC(=O)C1Cc2ccccc2O1. The lowest BCUT2D eigenvalue weighted by Crippen LogP contribution is -2.31. The van der Waals surface area contributed by atoms with Gasteiger partial charge in [0.25, 0.3) is 5.91 Å². The van der Waals surface area contributed by atoms with Gasteiger partial charge >= 0.3 is 0 Å². The molecule has 1 N–H and O–H groups in total. The number of aryl methyl sites for hydroxylation is 2. The van der Waals surface area contributed by atoms with Gasteiger partial charge in [-0.05, 0) is 36.6 Å². The minimum absolute atomic E-state index is 0.0846. The fourth-order valence-corrected chi connectivity index (χ4v) is 2.54. The number of ether oxygens (including phenoxy) is 1. The molecule has 0 bridgehead atoms. The summed E-state index contributed by atoms with van der Waals surface area (Å²) in [5, 5.41) is 2.99. The van der Waals surface area contributed by atoms with Gasteiger partial charge in [-0.3, -0.25) is 4.79 Å². The van der Waals surface area contributed by atoms with E-state index in [1.807, 2.05) is 56.3 Å². The highest BCUT2D eigenvalue weighted by molar-refractivity contribution is 5.96. The predicted octanol–water partition coefficient (Wildman–Crippen LogP) is 3.25. The summed E-state index contributed by atoms with van der Waals surface area (Å²) in [5.74, 6) is 0.729. The third-order valence-corrected chi connectivity index (χ3v) is 3.67. The van der Waals surface area contributed by atoms with Crippen molar-refractivity contribution >= 4 is 11.6 Å². The molecule has 3 nitrogen and oxygen atoms in total. The second kappa shape index (κ2) is 5.00. The second-order valence-electron chi connectivity index (χ2n) is 5.17. The molecule has 0 saturated heterocycles. The monoisotopic (exact) mass is 267 g/mol. The van der Waals surface area contributed by atoms with Gasteiger partial charge < -0.3 is 10.1 Å². The van der Waals surface area contributed by atoms with Crippen LogP contribution in [-0.2, 0) is 11.2 Å². The average Bonchev–Trinajstić information content (AvgIpc) is 2.87. The topological polar surface area (TPSA) is 38.3 Å². The van der Waals surface area contributed by atoms with Crippen LogP contribution in [0.25, 0.3) is 0 Å². The molecule has 1 atom stereocenters. The zero-order valence-electron chi connectivity index (χ0n) is 11.6. The van der Waals surface area contributed by atoms with Crippen LogP contribution in [0.4, 0.5) is 5.69 Å². The first-order valence-corrected chi connectivity index (χ1v) is 6.77. The van der Waals surface area contributed by atoms with Crippen LogP contribution in [0, 0.1) is 13.8 Å². The summed E-state index contributed by atoms with van der Waals surface area (Å²) < 4.78 is 5.71. The lowest BCUT2D eigenvalue weighted by molar-refractivity contribution is -0.122. The van der Waals surface area contributed by atoms with Gasteiger partial charge in [-0.25, -0.2) is 0 Å². The fraction of sp³-hybridized carbons (Fsp3) is 0.235. The Morgan fingerprint density at radius 2 is 1.80 bits per heavy atom. The van der Waals surface area contributed by atoms with E-state index in [4.69, 9.17) is 4.74 Å². The molecule has 20 heavy (non-hydrogen) atoms. The Balaban J connectivity index is 1.76. The summed E-state index contributed by atoms with van der Waals surface area (Å²) in [4.78, 5) is 12.4. The highest BCUT2D eigenvalue weighted by Gasteiger charge is 2.29. The Kier molecular flexibility index (Phi) is 3.18. The van der Waals surface area contributed by atoms with Gasteiger partial charge in [0.1, 0.15) is 5.75 Å². The molecule has 3 rings (SSSR count). The summed E-state index contributed by atoms with van der Waals surface area (Å²) in [7, 11) is 0. The van der Waals surface area contributed by atoms with Crippen molar-refractivity contribution in [3.05, 3.63) is 59.2 Å². The number of amides is 1. The number of hydrogen-bond acceptors (Lipinski definition) is 2. The lowest BCUT2D eigenvalue weighted by Gasteiger charge is -2.15. The van der Waals surface area contributed by atoms with Crippen LogP contribution < -0.4 is 10.1 Å². The van der Waals surface area contributed by atoms with Gasteiger partial charge in [0.05, 0.1) is 0 Å². The highest BCUT2D eigenvalue weighted by Crippen LogP contribution is 2.29. The molecule has 0 radical (unpaired) electrons. The smallest absolute Gasteiger partial charge is 0.265 e. The summed E-state index contributed by atoms with van der Waals surface area (Å²) in [6.45, 7) is 3.99. The van der Waals surface area contributed by atoms with E-state index in [2.05, 4.69) is 5.32 Å². The third kappa shape index (κ3) is 2.27. The molecular formula is C17H17NO2. The van der Waals surface area contributed by atoms with Crippen LogP contribution in [0.5, 0.6) is 5.75 Å². The van der Waals surface area contributed by atoms with Crippen LogP contribution in [0.3, 0.4) is 0 Å². The largest absolute Gasteiger partial charge is 0.480 e. The van der Waals surface area contributed by atoms with Gasteiger partial charge in [-0.15, -0.1) is 0 Å². The normalized spacial score (nSPS) is 16.4. The summed E-state index contributed by atoms with van der Waals surface area (Å²) in [6.07, 6.45) is 0.193. The molecule has 0 aliphatic carbocycles. The number of carbonyl (C=O) groups excluding carboxylic acids is 1. The number of carbonyl (C=O) groups is 1. The molecule has 0 spiro atoms. The first-order chi connectivity index (χ1) is 9.65. The molecule has 1 unspecified atom stereocenters. The summed E-state index contributed by atoms with van der Waals surface area (Å²) in [6, 6.07) is 13.8.